The number of nitrogens with zero attached hydrogens (tertiary/aromatic N) is 2. The molecule has 6 heteroatoms. The summed E-state index contributed by atoms with van der Waals surface area (Å²) in [6, 6.07) is 9.36. The second kappa shape index (κ2) is 9.41. The molecule has 2 fully saturated rings. The molecule has 2 heterocycles. The Hall–Kier alpha value is -2.37. The Morgan fingerprint density at radius 1 is 1.00 bits per heavy atom. The molecule has 1 aromatic carbocycles. The van der Waals surface area contributed by atoms with Gasteiger partial charge in [0.25, 0.3) is 0 Å². The Morgan fingerprint density at radius 3 is 2.52 bits per heavy atom. The van der Waals surface area contributed by atoms with Gasteiger partial charge in [-0.2, -0.15) is 13.2 Å². The highest BCUT2D eigenvalue weighted by Gasteiger charge is 2.31. The van der Waals surface area contributed by atoms with Crippen LogP contribution in [-0.2, 0) is 17.4 Å². The van der Waals surface area contributed by atoms with E-state index in [2.05, 4.69) is 4.98 Å². The van der Waals surface area contributed by atoms with Crippen molar-refractivity contribution in [2.75, 3.05) is 13.1 Å². The molecule has 0 N–H and O–H groups in total. The number of hydrogen-bond donors (Lipinski definition) is 0. The number of piperidine rings is 1. The van der Waals surface area contributed by atoms with Gasteiger partial charge in [-0.25, -0.2) is 0 Å². The van der Waals surface area contributed by atoms with Crippen LogP contribution in [0.3, 0.4) is 0 Å². The number of rotatable bonds is 4. The molecule has 1 aromatic heterocycles. The minimum Gasteiger partial charge on any atom is -0.342 e. The molecular formula is C25H29F3N2O. The Balaban J connectivity index is 1.39. The Bertz CT molecular complexity index is 888. The molecule has 0 spiro atoms. The maximum absolute atomic E-state index is 12.9. The lowest BCUT2D eigenvalue weighted by Gasteiger charge is -2.35. The lowest BCUT2D eigenvalue weighted by molar-refractivity contribution is -0.138. The maximum Gasteiger partial charge on any atom is 0.416 e. The summed E-state index contributed by atoms with van der Waals surface area (Å²) in [5.41, 5.74) is 1.84. The molecule has 2 aromatic rings. The molecule has 1 amide bonds. The van der Waals surface area contributed by atoms with Crippen molar-refractivity contribution in [3.05, 3.63) is 65.0 Å². The molecular weight excluding hydrogens is 401 g/mol. The molecule has 0 unspecified atom stereocenters. The smallest absolute Gasteiger partial charge is 0.342 e. The maximum atomic E-state index is 12.9. The van der Waals surface area contributed by atoms with Crippen LogP contribution in [0.1, 0.15) is 73.2 Å². The second-order valence-corrected chi connectivity index (χ2v) is 8.92. The van der Waals surface area contributed by atoms with Crippen molar-refractivity contribution in [3.8, 4) is 0 Å². The normalized spacial score (nSPS) is 20.6. The van der Waals surface area contributed by atoms with Gasteiger partial charge in [-0.3, -0.25) is 9.78 Å². The van der Waals surface area contributed by atoms with Crippen molar-refractivity contribution in [1.29, 1.82) is 0 Å². The molecule has 1 aliphatic carbocycles. The molecule has 1 saturated heterocycles. The minimum atomic E-state index is -4.33. The van der Waals surface area contributed by atoms with E-state index in [1.54, 1.807) is 12.3 Å². The van der Waals surface area contributed by atoms with Gasteiger partial charge in [-0.1, -0.05) is 43.5 Å². The zero-order valence-corrected chi connectivity index (χ0v) is 17.7. The minimum absolute atomic E-state index is 0.190. The van der Waals surface area contributed by atoms with Crippen molar-refractivity contribution in [2.24, 2.45) is 5.92 Å². The Labute approximate surface area is 181 Å². The predicted molar refractivity (Wildman–Crippen MR) is 114 cm³/mol. The molecule has 1 aliphatic heterocycles. The van der Waals surface area contributed by atoms with Crippen LogP contribution < -0.4 is 0 Å². The first kappa shape index (κ1) is 21.8. The first-order chi connectivity index (χ1) is 14.9. The van der Waals surface area contributed by atoms with E-state index in [-0.39, 0.29) is 11.8 Å². The largest absolute Gasteiger partial charge is 0.416 e. The first-order valence-corrected chi connectivity index (χ1v) is 11.3. The van der Waals surface area contributed by atoms with E-state index in [9.17, 15) is 18.0 Å². The van der Waals surface area contributed by atoms with Gasteiger partial charge in [0.15, 0.2) is 0 Å². The van der Waals surface area contributed by atoms with E-state index < -0.39 is 11.7 Å². The van der Waals surface area contributed by atoms with Crippen LogP contribution in [0.2, 0.25) is 0 Å². The third kappa shape index (κ3) is 5.46. The number of benzene rings is 1. The molecule has 0 bridgehead atoms. The van der Waals surface area contributed by atoms with Crippen LogP contribution in [0, 0.1) is 5.92 Å². The summed E-state index contributed by atoms with van der Waals surface area (Å²) >= 11 is 0. The fourth-order valence-corrected chi connectivity index (χ4v) is 4.90. The highest BCUT2D eigenvalue weighted by molar-refractivity contribution is 5.79. The quantitative estimate of drug-likeness (QED) is 0.598. The zero-order valence-electron chi connectivity index (χ0n) is 17.7. The predicted octanol–water partition coefficient (Wildman–Crippen LogP) is 5.98. The van der Waals surface area contributed by atoms with Gasteiger partial charge in [0, 0.05) is 36.8 Å². The van der Waals surface area contributed by atoms with Crippen molar-refractivity contribution in [1.82, 2.24) is 9.88 Å². The monoisotopic (exact) mass is 430 g/mol. The molecule has 3 nitrogen and oxygen atoms in total. The van der Waals surface area contributed by atoms with Crippen molar-refractivity contribution >= 4 is 5.91 Å². The van der Waals surface area contributed by atoms with E-state index in [0.29, 0.717) is 17.9 Å². The summed E-state index contributed by atoms with van der Waals surface area (Å²) in [7, 11) is 0. The molecule has 166 valence electrons. The number of hydrogen-bond acceptors (Lipinski definition) is 2. The zero-order chi connectivity index (χ0) is 21.8. The fraction of sp³-hybridized carbons (Fsp3) is 0.520. The lowest BCUT2D eigenvalue weighted by Crippen LogP contribution is -2.43. The van der Waals surface area contributed by atoms with Gasteiger partial charge in [0.05, 0.1) is 5.56 Å². The number of halogens is 3. The molecule has 4 rings (SSSR count). The van der Waals surface area contributed by atoms with Gasteiger partial charge in [0.2, 0.25) is 5.91 Å². The number of carbonyl (C=O) groups is 1. The fourth-order valence-electron chi connectivity index (χ4n) is 4.90. The van der Waals surface area contributed by atoms with Crippen molar-refractivity contribution in [3.63, 3.8) is 0 Å². The molecule has 1 saturated carbocycles. The number of pyridine rings is 1. The third-order valence-corrected chi connectivity index (χ3v) is 6.62. The topological polar surface area (TPSA) is 33.2 Å². The summed E-state index contributed by atoms with van der Waals surface area (Å²) in [6.45, 7) is 1.55. The van der Waals surface area contributed by atoms with Crippen molar-refractivity contribution < 1.29 is 18.0 Å². The summed E-state index contributed by atoms with van der Waals surface area (Å²) in [5, 5.41) is 0. The lowest BCUT2D eigenvalue weighted by atomic mass is 9.86. The standard InChI is InChI=1S/C25H29F3N2O/c26-25(27,28)22-10-4-6-18(15-22)14-19-11-12-23(29-16-19)21-9-5-13-30(17-21)24(31)20-7-2-1-3-8-20/h4,6,10-12,15-16,20-21H,1-3,5,7-9,13-14,17H2/t21-/m1/s1. The SMILES string of the molecule is O=C(C1CCCCC1)N1CCC[C@@H](c2ccc(Cc3cccc(C(F)(F)F)c3)cn2)C1. The average molecular weight is 431 g/mol. The molecule has 1 atom stereocenters. The highest BCUT2D eigenvalue weighted by atomic mass is 19.4. The molecule has 0 radical (unpaired) electrons. The van der Waals surface area contributed by atoms with Crippen LogP contribution in [0.5, 0.6) is 0 Å². The van der Waals surface area contributed by atoms with Gasteiger partial charge in [0.1, 0.15) is 0 Å². The summed E-state index contributed by atoms with van der Waals surface area (Å²) < 4.78 is 38.8. The van der Waals surface area contributed by atoms with Crippen LogP contribution in [0.25, 0.3) is 0 Å². The van der Waals surface area contributed by atoms with Crippen LogP contribution in [0.15, 0.2) is 42.6 Å². The van der Waals surface area contributed by atoms with Crippen molar-refractivity contribution in [2.45, 2.75) is 63.5 Å². The first-order valence-electron chi connectivity index (χ1n) is 11.3. The van der Waals surface area contributed by atoms with Crippen LogP contribution in [0.4, 0.5) is 13.2 Å². The molecule has 31 heavy (non-hydrogen) atoms. The number of carbonyl (C=O) groups excluding carboxylic acids is 1. The molecule has 2 aliphatic rings. The Morgan fingerprint density at radius 2 is 1.81 bits per heavy atom. The number of likely N-dealkylation sites (tertiary alicyclic amines) is 1. The third-order valence-electron chi connectivity index (χ3n) is 6.62. The summed E-state index contributed by atoms with van der Waals surface area (Å²) in [6.07, 6.45) is 5.41. The van der Waals surface area contributed by atoms with Gasteiger partial charge in [-0.05, 0) is 55.4 Å². The summed E-state index contributed by atoms with van der Waals surface area (Å²) in [5.74, 6) is 0.727. The van der Waals surface area contributed by atoms with Crippen LogP contribution >= 0.6 is 0 Å². The van der Waals surface area contributed by atoms with Gasteiger partial charge >= 0.3 is 6.18 Å². The van der Waals surface area contributed by atoms with Gasteiger partial charge in [-0.15, -0.1) is 0 Å². The van der Waals surface area contributed by atoms with Crippen LogP contribution in [-0.4, -0.2) is 28.9 Å². The van der Waals surface area contributed by atoms with Gasteiger partial charge < -0.3 is 4.90 Å². The van der Waals surface area contributed by atoms with E-state index >= 15 is 0 Å². The average Bonchev–Trinajstić information content (AvgIpc) is 2.79. The second-order valence-electron chi connectivity index (χ2n) is 8.92. The van der Waals surface area contributed by atoms with E-state index in [1.807, 2.05) is 17.0 Å². The van der Waals surface area contributed by atoms with E-state index in [1.165, 1.54) is 18.6 Å². The van der Waals surface area contributed by atoms with E-state index in [4.69, 9.17) is 0 Å². The number of alkyl halides is 3. The number of amides is 1. The number of aromatic nitrogens is 1. The van der Waals surface area contributed by atoms with E-state index in [0.717, 1.165) is 68.9 Å². The Kier molecular flexibility index (Phi) is 6.63. The highest BCUT2D eigenvalue weighted by Crippen LogP contribution is 2.32. The summed E-state index contributed by atoms with van der Waals surface area (Å²) in [4.78, 5) is 19.6.